The fourth-order valence-electron chi connectivity index (χ4n) is 2.96. The zero-order valence-electron chi connectivity index (χ0n) is 11.9. The van der Waals surface area contributed by atoms with Crippen molar-refractivity contribution in [3.05, 3.63) is 23.3 Å². The molecule has 20 heavy (non-hydrogen) atoms. The molecule has 1 saturated carbocycles. The van der Waals surface area contributed by atoms with Crippen molar-refractivity contribution in [3.8, 4) is 11.5 Å². The fourth-order valence-corrected chi connectivity index (χ4v) is 2.96. The summed E-state index contributed by atoms with van der Waals surface area (Å²) < 4.78 is 37.0. The molecule has 0 heterocycles. The Bertz CT molecular complexity index is 471. The van der Waals surface area contributed by atoms with Crippen molar-refractivity contribution in [2.75, 3.05) is 14.2 Å². The van der Waals surface area contributed by atoms with Gasteiger partial charge in [0, 0.05) is 11.1 Å². The van der Waals surface area contributed by atoms with Gasteiger partial charge in [-0.15, -0.1) is 0 Å². The summed E-state index contributed by atoms with van der Waals surface area (Å²) in [6, 6.07) is 2.97. The van der Waals surface area contributed by atoms with E-state index in [1.807, 2.05) is 0 Å². The quantitative estimate of drug-likeness (QED) is 0.916. The Morgan fingerprint density at radius 3 is 2.10 bits per heavy atom. The number of methoxy groups -OCH3 is 2. The molecular weight excluding hydrogens is 264 g/mol. The third-order valence-corrected chi connectivity index (χ3v) is 4.07. The highest BCUT2D eigenvalue weighted by Crippen LogP contribution is 2.43. The van der Waals surface area contributed by atoms with Crippen molar-refractivity contribution in [1.29, 1.82) is 0 Å². The topological polar surface area (TPSA) is 44.5 Å². The van der Waals surface area contributed by atoms with Crippen molar-refractivity contribution >= 4 is 0 Å². The molecule has 1 aliphatic carbocycles. The average Bonchev–Trinajstić information content (AvgIpc) is 2.46. The minimum Gasteiger partial charge on any atom is -0.493 e. The molecule has 0 saturated heterocycles. The first kappa shape index (κ1) is 15.0. The molecule has 5 heteroatoms. The number of halogens is 2. The van der Waals surface area contributed by atoms with E-state index in [2.05, 4.69) is 0 Å². The normalized spacial score (nSPS) is 18.1. The Morgan fingerprint density at radius 2 is 1.60 bits per heavy atom. The number of hydrogen-bond donors (Lipinski definition) is 1. The molecule has 0 radical (unpaired) electrons. The summed E-state index contributed by atoms with van der Waals surface area (Å²) >= 11 is 0. The predicted molar refractivity (Wildman–Crippen MR) is 73.5 cm³/mol. The number of benzene rings is 1. The summed E-state index contributed by atoms with van der Waals surface area (Å²) in [7, 11) is 2.93. The van der Waals surface area contributed by atoms with Crippen LogP contribution < -0.4 is 15.2 Å². The second kappa shape index (κ2) is 5.95. The molecule has 0 atom stereocenters. The summed E-state index contributed by atoms with van der Waals surface area (Å²) in [6.07, 6.45) is 1.91. The maximum Gasteiger partial charge on any atom is 0.264 e. The van der Waals surface area contributed by atoms with Crippen molar-refractivity contribution < 1.29 is 18.3 Å². The maximum atomic E-state index is 13.4. The lowest BCUT2D eigenvalue weighted by Crippen LogP contribution is -2.39. The Hall–Kier alpha value is -1.36. The van der Waals surface area contributed by atoms with Crippen LogP contribution in [0.1, 0.15) is 49.7 Å². The van der Waals surface area contributed by atoms with E-state index in [0.29, 0.717) is 17.1 Å². The Labute approximate surface area is 118 Å². The van der Waals surface area contributed by atoms with Gasteiger partial charge in [0.25, 0.3) is 6.43 Å². The van der Waals surface area contributed by atoms with E-state index in [4.69, 9.17) is 15.2 Å². The third-order valence-electron chi connectivity index (χ3n) is 4.07. The third kappa shape index (κ3) is 2.73. The van der Waals surface area contributed by atoms with Crippen LogP contribution in [0, 0.1) is 0 Å². The van der Waals surface area contributed by atoms with Gasteiger partial charge in [0.2, 0.25) is 0 Å². The maximum absolute atomic E-state index is 13.4. The van der Waals surface area contributed by atoms with E-state index in [0.717, 1.165) is 32.1 Å². The predicted octanol–water partition coefficient (Wildman–Crippen LogP) is 3.76. The van der Waals surface area contributed by atoms with E-state index in [1.54, 1.807) is 6.07 Å². The minimum absolute atomic E-state index is 0.0490. The largest absolute Gasteiger partial charge is 0.493 e. The van der Waals surface area contributed by atoms with Crippen LogP contribution >= 0.6 is 0 Å². The zero-order valence-corrected chi connectivity index (χ0v) is 11.9. The average molecular weight is 285 g/mol. The SMILES string of the molecule is COc1cc(C(F)F)c(C2(N)CCCCC2)cc1OC. The fraction of sp³-hybridized carbons (Fsp3) is 0.600. The van der Waals surface area contributed by atoms with E-state index in [-0.39, 0.29) is 5.56 Å². The highest BCUT2D eigenvalue weighted by atomic mass is 19.3. The number of hydrogen-bond acceptors (Lipinski definition) is 3. The first-order chi connectivity index (χ1) is 9.51. The first-order valence-electron chi connectivity index (χ1n) is 6.85. The highest BCUT2D eigenvalue weighted by molar-refractivity contribution is 5.50. The van der Waals surface area contributed by atoms with Gasteiger partial charge in [-0.1, -0.05) is 19.3 Å². The second-order valence-corrected chi connectivity index (χ2v) is 5.31. The highest BCUT2D eigenvalue weighted by Gasteiger charge is 2.34. The van der Waals surface area contributed by atoms with Crippen LogP contribution in [-0.2, 0) is 5.54 Å². The molecule has 3 nitrogen and oxygen atoms in total. The van der Waals surface area contributed by atoms with Crippen LogP contribution in [0.2, 0.25) is 0 Å². The standard InChI is InChI=1S/C15H21F2NO2/c1-19-12-8-10(14(16)17)11(9-13(12)20-2)15(18)6-4-3-5-7-15/h8-9,14H,3-7,18H2,1-2H3. The van der Waals surface area contributed by atoms with Gasteiger partial charge in [-0.05, 0) is 30.5 Å². The van der Waals surface area contributed by atoms with Crippen LogP contribution in [0.5, 0.6) is 11.5 Å². The van der Waals surface area contributed by atoms with E-state index in [9.17, 15) is 8.78 Å². The van der Waals surface area contributed by atoms with Crippen molar-refractivity contribution in [1.82, 2.24) is 0 Å². The van der Waals surface area contributed by atoms with Gasteiger partial charge in [-0.25, -0.2) is 8.78 Å². The van der Waals surface area contributed by atoms with Crippen molar-refractivity contribution in [3.63, 3.8) is 0 Å². The molecule has 2 N–H and O–H groups in total. The van der Waals surface area contributed by atoms with Gasteiger partial charge in [-0.3, -0.25) is 0 Å². The first-order valence-corrected chi connectivity index (χ1v) is 6.85. The zero-order chi connectivity index (χ0) is 14.8. The molecule has 1 aromatic rings. The smallest absolute Gasteiger partial charge is 0.264 e. The van der Waals surface area contributed by atoms with Gasteiger partial charge in [0.15, 0.2) is 11.5 Å². The molecule has 0 spiro atoms. The molecule has 1 aliphatic rings. The molecule has 0 bridgehead atoms. The molecule has 1 aromatic carbocycles. The molecule has 0 aromatic heterocycles. The Kier molecular flexibility index (Phi) is 4.48. The van der Waals surface area contributed by atoms with Crippen LogP contribution in [0.15, 0.2) is 12.1 Å². The van der Waals surface area contributed by atoms with E-state index < -0.39 is 12.0 Å². The molecule has 2 rings (SSSR count). The Balaban J connectivity index is 2.54. The van der Waals surface area contributed by atoms with Crippen LogP contribution in [-0.4, -0.2) is 14.2 Å². The number of nitrogens with two attached hydrogens (primary N) is 1. The number of alkyl halides is 2. The summed E-state index contributed by atoms with van der Waals surface area (Å²) in [4.78, 5) is 0. The van der Waals surface area contributed by atoms with E-state index >= 15 is 0 Å². The van der Waals surface area contributed by atoms with Gasteiger partial charge >= 0.3 is 0 Å². The Morgan fingerprint density at radius 1 is 1.05 bits per heavy atom. The molecule has 112 valence electrons. The summed E-state index contributed by atoms with van der Waals surface area (Å²) in [5.74, 6) is 0.758. The summed E-state index contributed by atoms with van der Waals surface area (Å²) in [6.45, 7) is 0. The number of ether oxygens (including phenoxy) is 2. The number of rotatable bonds is 4. The van der Waals surface area contributed by atoms with Crippen LogP contribution in [0.3, 0.4) is 0 Å². The minimum atomic E-state index is -2.58. The molecule has 0 aliphatic heterocycles. The lowest BCUT2D eigenvalue weighted by atomic mass is 9.75. The molecule has 0 unspecified atom stereocenters. The van der Waals surface area contributed by atoms with Crippen LogP contribution in [0.4, 0.5) is 8.78 Å². The van der Waals surface area contributed by atoms with Crippen molar-refractivity contribution in [2.24, 2.45) is 5.73 Å². The monoisotopic (exact) mass is 285 g/mol. The molecular formula is C15H21F2NO2. The lowest BCUT2D eigenvalue weighted by Gasteiger charge is -2.35. The summed E-state index contributed by atoms with van der Waals surface area (Å²) in [5, 5.41) is 0. The van der Waals surface area contributed by atoms with Gasteiger partial charge in [0.05, 0.1) is 14.2 Å². The molecule has 0 amide bonds. The lowest BCUT2D eigenvalue weighted by molar-refractivity contribution is 0.145. The van der Waals surface area contributed by atoms with E-state index in [1.165, 1.54) is 20.3 Å². The van der Waals surface area contributed by atoms with Gasteiger partial charge in [-0.2, -0.15) is 0 Å². The second-order valence-electron chi connectivity index (χ2n) is 5.31. The van der Waals surface area contributed by atoms with Gasteiger partial charge < -0.3 is 15.2 Å². The van der Waals surface area contributed by atoms with Crippen molar-refractivity contribution in [2.45, 2.75) is 44.1 Å². The summed E-state index contributed by atoms with van der Waals surface area (Å²) in [5.41, 5.74) is 6.16. The van der Waals surface area contributed by atoms with Gasteiger partial charge in [0.1, 0.15) is 0 Å². The van der Waals surface area contributed by atoms with Crippen LogP contribution in [0.25, 0.3) is 0 Å². The molecule has 1 fully saturated rings.